The van der Waals surface area contributed by atoms with Gasteiger partial charge < -0.3 is 5.11 Å². The average molecular weight is 258 g/mol. The van der Waals surface area contributed by atoms with Gasteiger partial charge in [-0.2, -0.15) is 0 Å². The van der Waals surface area contributed by atoms with E-state index in [4.69, 9.17) is 5.11 Å². The Morgan fingerprint density at radius 2 is 1.72 bits per heavy atom. The lowest BCUT2D eigenvalue weighted by atomic mass is 10.1. The van der Waals surface area contributed by atoms with Gasteiger partial charge in [-0.25, -0.2) is 13.2 Å². The number of benzene rings is 1. The second-order valence-corrected chi connectivity index (χ2v) is 3.52. The zero-order valence-corrected chi connectivity index (χ0v) is 9.12. The number of carboxylic acid groups (broad SMARTS) is 1. The third-order valence-corrected chi connectivity index (χ3v) is 2.03. The number of carbonyl (C=O) groups is 2. The van der Waals surface area contributed by atoms with Crippen LogP contribution in [0.15, 0.2) is 24.3 Å². The summed E-state index contributed by atoms with van der Waals surface area (Å²) in [6.45, 7) is 0. The molecule has 0 amide bonds. The van der Waals surface area contributed by atoms with Gasteiger partial charge in [0.15, 0.2) is 23.2 Å². The van der Waals surface area contributed by atoms with Crippen LogP contribution in [0.3, 0.4) is 0 Å². The Morgan fingerprint density at radius 3 is 2.22 bits per heavy atom. The largest absolute Gasteiger partial charge is 0.481 e. The third kappa shape index (κ3) is 4.04. The lowest BCUT2D eigenvalue weighted by Crippen LogP contribution is -2.03. The molecule has 0 saturated carbocycles. The molecule has 0 aliphatic rings. The summed E-state index contributed by atoms with van der Waals surface area (Å²) < 4.78 is 38.2. The minimum Gasteiger partial charge on any atom is -0.481 e. The van der Waals surface area contributed by atoms with E-state index in [-0.39, 0.29) is 12.0 Å². The summed E-state index contributed by atoms with van der Waals surface area (Å²) in [5, 5.41) is 8.31. The summed E-state index contributed by atoms with van der Waals surface area (Å²) in [6.07, 6.45) is 1.62. The van der Waals surface area contributed by atoms with Crippen LogP contribution in [0.2, 0.25) is 0 Å². The summed E-state index contributed by atoms with van der Waals surface area (Å²) in [7, 11) is 0. The number of rotatable bonds is 5. The second kappa shape index (κ2) is 6.00. The number of ketones is 1. The highest BCUT2D eigenvalue weighted by Gasteiger charge is 2.09. The van der Waals surface area contributed by atoms with Crippen LogP contribution in [0.5, 0.6) is 0 Å². The molecule has 0 aliphatic heterocycles. The molecule has 3 nitrogen and oxygen atoms in total. The van der Waals surface area contributed by atoms with E-state index in [1.165, 1.54) is 6.08 Å². The highest BCUT2D eigenvalue weighted by atomic mass is 19.2. The number of carbonyl (C=O) groups excluding carboxylic acids is 1. The van der Waals surface area contributed by atoms with Crippen molar-refractivity contribution in [3.05, 3.63) is 47.3 Å². The van der Waals surface area contributed by atoms with Gasteiger partial charge in [-0.3, -0.25) is 9.59 Å². The lowest BCUT2D eigenvalue weighted by Gasteiger charge is -1.99. The Kier molecular flexibility index (Phi) is 4.65. The summed E-state index contributed by atoms with van der Waals surface area (Å²) >= 11 is 0. The van der Waals surface area contributed by atoms with Gasteiger partial charge in [0.05, 0.1) is 0 Å². The molecule has 0 heterocycles. The Bertz CT molecular complexity index is 486. The fourth-order valence-corrected chi connectivity index (χ4v) is 1.26. The van der Waals surface area contributed by atoms with Crippen molar-refractivity contribution < 1.29 is 27.9 Å². The maximum Gasteiger partial charge on any atom is 0.311 e. The van der Waals surface area contributed by atoms with Crippen LogP contribution >= 0.6 is 0 Å². The van der Waals surface area contributed by atoms with Gasteiger partial charge in [0, 0.05) is 0 Å². The second-order valence-electron chi connectivity index (χ2n) is 3.52. The Labute approximate surface area is 101 Å². The van der Waals surface area contributed by atoms with Crippen LogP contribution < -0.4 is 0 Å². The Hall–Kier alpha value is -2.11. The maximum absolute atomic E-state index is 12.8. The van der Waals surface area contributed by atoms with E-state index in [9.17, 15) is 22.8 Å². The van der Waals surface area contributed by atoms with Crippen molar-refractivity contribution in [3.63, 3.8) is 0 Å². The molecular formula is C12H9F3O3. The van der Waals surface area contributed by atoms with Gasteiger partial charge in [0.1, 0.15) is 6.42 Å². The number of hydrogen-bond donors (Lipinski definition) is 1. The normalized spacial score (nSPS) is 10.8. The number of hydrogen-bond acceptors (Lipinski definition) is 2. The SMILES string of the molecule is O=C(O)CC(=O)C=CCc1cc(F)c(F)c(F)c1. The number of aliphatic carboxylic acids is 1. The van der Waals surface area contributed by atoms with E-state index in [1.54, 1.807) is 0 Å². The van der Waals surface area contributed by atoms with Crippen LogP contribution in [-0.4, -0.2) is 16.9 Å². The molecule has 0 fully saturated rings. The van der Waals surface area contributed by atoms with E-state index in [1.807, 2.05) is 0 Å². The number of carboxylic acids is 1. The average Bonchev–Trinajstić information content (AvgIpc) is 2.24. The topological polar surface area (TPSA) is 54.4 Å². The fraction of sp³-hybridized carbons (Fsp3) is 0.167. The first-order valence-corrected chi connectivity index (χ1v) is 4.94. The molecule has 0 atom stereocenters. The molecule has 0 saturated heterocycles. The van der Waals surface area contributed by atoms with Gasteiger partial charge >= 0.3 is 5.97 Å². The highest BCUT2D eigenvalue weighted by Crippen LogP contribution is 2.14. The minimum absolute atomic E-state index is 0.000517. The van der Waals surface area contributed by atoms with Crippen molar-refractivity contribution in [1.29, 1.82) is 0 Å². The molecule has 0 radical (unpaired) electrons. The molecule has 0 spiro atoms. The first kappa shape index (κ1) is 14.0. The van der Waals surface area contributed by atoms with E-state index in [0.29, 0.717) is 0 Å². The van der Waals surface area contributed by atoms with Crippen molar-refractivity contribution >= 4 is 11.8 Å². The van der Waals surface area contributed by atoms with E-state index in [0.717, 1.165) is 18.2 Å². The zero-order valence-electron chi connectivity index (χ0n) is 9.12. The molecule has 0 unspecified atom stereocenters. The highest BCUT2D eigenvalue weighted by molar-refractivity contribution is 6.01. The van der Waals surface area contributed by atoms with Crippen LogP contribution in [-0.2, 0) is 16.0 Å². The smallest absolute Gasteiger partial charge is 0.311 e. The molecule has 6 heteroatoms. The van der Waals surface area contributed by atoms with Crippen molar-refractivity contribution in [2.24, 2.45) is 0 Å². The Morgan fingerprint density at radius 1 is 1.17 bits per heavy atom. The number of allylic oxidation sites excluding steroid dienone is 2. The third-order valence-electron chi connectivity index (χ3n) is 2.03. The van der Waals surface area contributed by atoms with Crippen LogP contribution in [0.25, 0.3) is 0 Å². The summed E-state index contributed by atoms with van der Waals surface area (Å²) in [5.41, 5.74) is 0.144. The molecule has 0 aliphatic carbocycles. The first-order valence-electron chi connectivity index (χ1n) is 4.94. The molecule has 0 aromatic heterocycles. The van der Waals surface area contributed by atoms with Gasteiger partial charge in [-0.05, 0) is 30.2 Å². The first-order chi connectivity index (χ1) is 8.40. The van der Waals surface area contributed by atoms with Crippen molar-refractivity contribution in [3.8, 4) is 0 Å². The van der Waals surface area contributed by atoms with E-state index >= 15 is 0 Å². The van der Waals surface area contributed by atoms with Crippen molar-refractivity contribution in [2.45, 2.75) is 12.8 Å². The predicted molar refractivity (Wildman–Crippen MR) is 56.4 cm³/mol. The van der Waals surface area contributed by atoms with Crippen LogP contribution in [0.4, 0.5) is 13.2 Å². The molecule has 1 rings (SSSR count). The van der Waals surface area contributed by atoms with Gasteiger partial charge in [0.2, 0.25) is 0 Å². The zero-order chi connectivity index (χ0) is 13.7. The molecule has 0 bridgehead atoms. The quantitative estimate of drug-likeness (QED) is 0.500. The summed E-state index contributed by atoms with van der Waals surface area (Å²) in [4.78, 5) is 21.1. The van der Waals surface area contributed by atoms with Gasteiger partial charge in [-0.15, -0.1) is 0 Å². The van der Waals surface area contributed by atoms with Crippen LogP contribution in [0, 0.1) is 17.5 Å². The minimum atomic E-state index is -1.55. The predicted octanol–water partition coefficient (Wildman–Crippen LogP) is 2.25. The lowest BCUT2D eigenvalue weighted by molar-refractivity contribution is -0.139. The van der Waals surface area contributed by atoms with Crippen LogP contribution in [0.1, 0.15) is 12.0 Å². The summed E-state index contributed by atoms with van der Waals surface area (Å²) in [5.74, 6) is -6.07. The van der Waals surface area contributed by atoms with E-state index < -0.39 is 35.6 Å². The fourth-order valence-electron chi connectivity index (χ4n) is 1.26. The van der Waals surface area contributed by atoms with E-state index in [2.05, 4.69) is 0 Å². The molecular weight excluding hydrogens is 249 g/mol. The molecule has 18 heavy (non-hydrogen) atoms. The molecule has 1 N–H and O–H groups in total. The number of halogens is 3. The molecule has 1 aromatic rings. The van der Waals surface area contributed by atoms with Gasteiger partial charge in [0.25, 0.3) is 0 Å². The monoisotopic (exact) mass is 258 g/mol. The van der Waals surface area contributed by atoms with Crippen molar-refractivity contribution in [2.75, 3.05) is 0 Å². The van der Waals surface area contributed by atoms with Crippen molar-refractivity contribution in [1.82, 2.24) is 0 Å². The maximum atomic E-state index is 12.8. The van der Waals surface area contributed by atoms with Gasteiger partial charge in [-0.1, -0.05) is 6.08 Å². The molecule has 96 valence electrons. The standard InChI is InChI=1S/C12H9F3O3/c13-9-4-7(5-10(14)12(9)15)2-1-3-8(16)6-11(17)18/h1,3-5H,2,6H2,(H,17,18). The molecule has 1 aromatic carbocycles. The summed E-state index contributed by atoms with van der Waals surface area (Å²) in [6, 6.07) is 1.62. The Balaban J connectivity index is 2.67.